The average molecular weight is 550 g/mol. The quantitative estimate of drug-likeness (QED) is 0.213. The molecule has 1 aromatic rings. The van der Waals surface area contributed by atoms with Gasteiger partial charge in [-0.25, -0.2) is 23.0 Å². The van der Waals surface area contributed by atoms with Crippen LogP contribution in [0.2, 0.25) is 0 Å². The highest BCUT2D eigenvalue weighted by Crippen LogP contribution is 2.50. The highest BCUT2D eigenvalue weighted by atomic mass is 31.2. The lowest BCUT2D eigenvalue weighted by atomic mass is 9.98. The molecule has 0 amide bonds. The monoisotopic (exact) mass is 550 g/mol. The van der Waals surface area contributed by atoms with Crippen LogP contribution in [0.25, 0.3) is 5.88 Å². The third-order valence-electron chi connectivity index (χ3n) is 4.58. The summed E-state index contributed by atoms with van der Waals surface area (Å²) in [5.74, 6) is -2.63. The molecule has 0 aliphatic carbocycles. The Kier molecular flexibility index (Phi) is 9.49. The Morgan fingerprint density at radius 2 is 1.54 bits per heavy atom. The van der Waals surface area contributed by atoms with Gasteiger partial charge in [-0.15, -0.1) is 0 Å². The van der Waals surface area contributed by atoms with Crippen LogP contribution in [0.5, 0.6) is 0 Å². The third kappa shape index (κ3) is 8.27. The van der Waals surface area contributed by atoms with Gasteiger partial charge in [0.15, 0.2) is 18.0 Å². The van der Waals surface area contributed by atoms with E-state index in [9.17, 15) is 34.0 Å². The number of aliphatic hydroxyl groups excluding tert-OH is 2. The molecule has 0 aromatic carbocycles. The summed E-state index contributed by atoms with van der Waals surface area (Å²) in [6, 6.07) is 0.981. The van der Waals surface area contributed by atoms with Gasteiger partial charge in [-0.3, -0.25) is 23.9 Å². The third-order valence-corrected chi connectivity index (χ3v) is 5.89. The molecule has 0 unspecified atom stereocenters. The lowest BCUT2D eigenvalue weighted by Gasteiger charge is -2.23. The lowest BCUT2D eigenvalue weighted by Crippen LogP contribution is -2.30. The molecule has 0 saturated heterocycles. The molecule has 1 aliphatic heterocycles. The zero-order valence-electron chi connectivity index (χ0n) is 21.2. The van der Waals surface area contributed by atoms with Crippen LogP contribution in [0.1, 0.15) is 41.5 Å². The number of carbonyl (C=O) groups is 2. The molecule has 1 aromatic heterocycles. The van der Waals surface area contributed by atoms with Gasteiger partial charge in [0.05, 0.1) is 17.4 Å². The first-order valence-electron chi connectivity index (χ1n) is 10.9. The summed E-state index contributed by atoms with van der Waals surface area (Å²) in [6.45, 7) is 7.05. The van der Waals surface area contributed by atoms with Gasteiger partial charge in [-0.1, -0.05) is 0 Å². The topological polar surface area (TPSA) is 202 Å². The van der Waals surface area contributed by atoms with Gasteiger partial charge in [0.2, 0.25) is 19.5 Å². The standard InChI is InChI=1S/C21H31N2O13P/c1-20(2,3)17(27)31-10-34-37(30,35-11-32-18(28)21(4,5)6)33-9-12-14(25)15(26)16(36-12)23-8-7-13(24)22-19(23)29/h7-8,12,14,25-26H,9-11H2,1-6H3,(H,22,24,29)/t12-,14-/m1/s1. The van der Waals surface area contributed by atoms with E-state index >= 15 is 0 Å². The van der Waals surface area contributed by atoms with Crippen molar-refractivity contribution in [3.8, 4) is 0 Å². The second kappa shape index (κ2) is 11.6. The first-order valence-corrected chi connectivity index (χ1v) is 12.4. The molecule has 16 heteroatoms. The summed E-state index contributed by atoms with van der Waals surface area (Å²) in [4.78, 5) is 49.1. The van der Waals surface area contributed by atoms with E-state index in [1.165, 1.54) is 0 Å². The highest BCUT2D eigenvalue weighted by molar-refractivity contribution is 7.48. The smallest absolute Gasteiger partial charge is 0.480 e. The van der Waals surface area contributed by atoms with Gasteiger partial charge >= 0.3 is 25.5 Å². The minimum atomic E-state index is -4.60. The van der Waals surface area contributed by atoms with Crippen LogP contribution in [-0.2, 0) is 41.9 Å². The molecule has 37 heavy (non-hydrogen) atoms. The number of esters is 2. The Balaban J connectivity index is 2.10. The molecule has 0 radical (unpaired) electrons. The minimum Gasteiger partial charge on any atom is -0.505 e. The second-order valence-corrected chi connectivity index (χ2v) is 11.5. The number of carbonyl (C=O) groups excluding carboxylic acids is 2. The fourth-order valence-electron chi connectivity index (χ4n) is 2.45. The number of nitrogens with one attached hydrogen (secondary N) is 1. The van der Waals surface area contributed by atoms with E-state index in [4.69, 9.17) is 27.8 Å². The Hall–Kier alpha value is -2.97. The number of phosphoric ester groups is 1. The van der Waals surface area contributed by atoms with Crippen LogP contribution < -0.4 is 11.2 Å². The Morgan fingerprint density at radius 3 is 2.00 bits per heavy atom. The molecule has 2 atom stereocenters. The summed E-state index contributed by atoms with van der Waals surface area (Å²) in [6.07, 6.45) is -2.14. The largest absolute Gasteiger partial charge is 0.505 e. The number of H-pyrrole nitrogens is 1. The lowest BCUT2D eigenvalue weighted by molar-refractivity contribution is -0.163. The predicted octanol–water partition coefficient (Wildman–Crippen LogP) is 1.23. The highest BCUT2D eigenvalue weighted by Gasteiger charge is 2.40. The maximum Gasteiger partial charge on any atom is 0.480 e. The van der Waals surface area contributed by atoms with Gasteiger partial charge < -0.3 is 24.4 Å². The molecule has 0 spiro atoms. The zero-order chi connectivity index (χ0) is 28.2. The first-order chi connectivity index (χ1) is 16.9. The number of ether oxygens (including phenoxy) is 3. The molecule has 2 rings (SSSR count). The molecule has 2 heterocycles. The van der Waals surface area contributed by atoms with Gasteiger partial charge in [0.25, 0.3) is 5.56 Å². The second-order valence-electron chi connectivity index (χ2n) is 9.87. The van der Waals surface area contributed by atoms with E-state index in [0.717, 1.165) is 16.8 Å². The van der Waals surface area contributed by atoms with Crippen LogP contribution in [0.15, 0.2) is 27.6 Å². The van der Waals surface area contributed by atoms with Crippen molar-refractivity contribution in [2.24, 2.45) is 10.8 Å². The number of hydrogen-bond donors (Lipinski definition) is 3. The van der Waals surface area contributed by atoms with Crippen molar-refractivity contribution in [1.82, 2.24) is 9.55 Å². The van der Waals surface area contributed by atoms with Crippen molar-refractivity contribution in [2.75, 3.05) is 20.2 Å². The number of aromatic nitrogens is 2. The summed E-state index contributed by atoms with van der Waals surface area (Å²) < 4.78 is 44.1. The minimum absolute atomic E-state index is 0.503. The van der Waals surface area contributed by atoms with Gasteiger partial charge in [0, 0.05) is 12.3 Å². The maximum absolute atomic E-state index is 13.1. The number of phosphoric acid groups is 1. The number of nitrogens with zero attached hydrogens (tertiary/aromatic N) is 1. The van der Waals surface area contributed by atoms with Crippen molar-refractivity contribution in [3.05, 3.63) is 38.9 Å². The number of aliphatic hydroxyl groups is 2. The molecule has 3 N–H and O–H groups in total. The first kappa shape index (κ1) is 30.3. The molecule has 1 aliphatic rings. The fourth-order valence-corrected chi connectivity index (χ4v) is 3.37. The van der Waals surface area contributed by atoms with E-state index in [0.29, 0.717) is 0 Å². The Labute approximate surface area is 211 Å². The number of aromatic amines is 1. The van der Waals surface area contributed by atoms with Crippen molar-refractivity contribution >= 4 is 25.6 Å². The van der Waals surface area contributed by atoms with E-state index in [2.05, 4.69) is 0 Å². The summed E-state index contributed by atoms with van der Waals surface area (Å²) in [5, 5.41) is 20.5. The maximum atomic E-state index is 13.1. The normalized spacial score (nSPS) is 18.5. The van der Waals surface area contributed by atoms with Crippen molar-refractivity contribution in [1.29, 1.82) is 0 Å². The summed E-state index contributed by atoms with van der Waals surface area (Å²) in [5.41, 5.74) is -3.44. The fraction of sp³-hybridized carbons (Fsp3) is 0.619. The van der Waals surface area contributed by atoms with Crippen LogP contribution in [0, 0.1) is 10.8 Å². The molecular weight excluding hydrogens is 519 g/mol. The van der Waals surface area contributed by atoms with Gasteiger partial charge in [0.1, 0.15) is 0 Å². The predicted molar refractivity (Wildman–Crippen MR) is 125 cm³/mol. The number of rotatable bonds is 10. The Morgan fingerprint density at radius 1 is 1.03 bits per heavy atom. The summed E-state index contributed by atoms with van der Waals surface area (Å²) >= 11 is 0. The van der Waals surface area contributed by atoms with Crippen LogP contribution >= 0.6 is 7.82 Å². The van der Waals surface area contributed by atoms with Crippen LogP contribution in [0.4, 0.5) is 0 Å². The van der Waals surface area contributed by atoms with E-state index in [1.807, 2.05) is 4.98 Å². The van der Waals surface area contributed by atoms with E-state index in [1.54, 1.807) is 41.5 Å². The van der Waals surface area contributed by atoms with Crippen molar-refractivity contribution in [2.45, 2.75) is 53.8 Å². The summed E-state index contributed by atoms with van der Waals surface area (Å²) in [7, 11) is -4.60. The zero-order valence-corrected chi connectivity index (χ0v) is 22.1. The van der Waals surface area contributed by atoms with Gasteiger partial charge in [-0.2, -0.15) is 0 Å². The average Bonchev–Trinajstić information content (AvgIpc) is 3.05. The van der Waals surface area contributed by atoms with Crippen LogP contribution in [0.3, 0.4) is 0 Å². The van der Waals surface area contributed by atoms with E-state index < -0.39 is 85.9 Å². The molecular formula is C21H31N2O13P. The molecule has 15 nitrogen and oxygen atoms in total. The number of hydrogen-bond acceptors (Lipinski definition) is 13. The Bertz CT molecular complexity index is 1150. The molecule has 0 bridgehead atoms. The van der Waals surface area contributed by atoms with Crippen molar-refractivity contribution < 1.29 is 52.1 Å². The van der Waals surface area contributed by atoms with Crippen molar-refractivity contribution in [3.63, 3.8) is 0 Å². The molecule has 0 fully saturated rings. The van der Waals surface area contributed by atoms with Crippen LogP contribution in [-0.4, -0.2) is 64.1 Å². The van der Waals surface area contributed by atoms with E-state index in [-0.39, 0.29) is 0 Å². The van der Waals surface area contributed by atoms with Gasteiger partial charge in [-0.05, 0) is 41.5 Å². The molecule has 208 valence electrons. The SMILES string of the molecule is CC(C)(C)C(=O)OCOP(=O)(OCOC(=O)C(C)(C)C)OC[C@H]1OC(n2ccc(=O)[nH]c2=O)=C(O)[C@@H]1O. The molecule has 0 saturated carbocycles.